The highest BCUT2D eigenvalue weighted by atomic mass is 16.7. The lowest BCUT2D eigenvalue weighted by Gasteiger charge is -2.35. The highest BCUT2D eigenvalue weighted by molar-refractivity contribution is 5.78. The molecule has 0 N–H and O–H groups in total. The Kier molecular flexibility index (Phi) is 24.1. The van der Waals surface area contributed by atoms with E-state index in [4.69, 9.17) is 14.2 Å². The van der Waals surface area contributed by atoms with Gasteiger partial charge in [0.1, 0.15) is 18.1 Å². The summed E-state index contributed by atoms with van der Waals surface area (Å²) in [6, 6.07) is 18.8. The van der Waals surface area contributed by atoms with Crippen LogP contribution in [0.2, 0.25) is 0 Å². The van der Waals surface area contributed by atoms with Crippen LogP contribution in [0, 0.1) is 11.3 Å². The molecule has 1 unspecified atom stereocenters. The summed E-state index contributed by atoms with van der Waals surface area (Å²) in [5, 5.41) is 0. The minimum atomic E-state index is -0.565. The fourth-order valence-electron chi connectivity index (χ4n) is 4.91. The van der Waals surface area contributed by atoms with Gasteiger partial charge in [-0.1, -0.05) is 139 Å². The zero-order valence-corrected chi connectivity index (χ0v) is 33.2. The number of hydrogen-bond donors (Lipinski definition) is 0. The Morgan fingerprint density at radius 2 is 1.47 bits per heavy atom. The van der Waals surface area contributed by atoms with Crippen LogP contribution in [0.3, 0.4) is 0 Å². The maximum Gasteiger partial charge on any atom is 0.209 e. The molecule has 1 atom stereocenters. The lowest BCUT2D eigenvalue weighted by Crippen LogP contribution is -2.39. The molecule has 0 aliphatic carbocycles. The molecule has 3 nitrogen and oxygen atoms in total. The summed E-state index contributed by atoms with van der Waals surface area (Å²) in [6.45, 7) is 31.8. The number of allylic oxidation sites excluding steroid dienone is 11. The fraction of sp³-hybridized carbons (Fsp3) is 0.435. The highest BCUT2D eigenvalue weighted by Gasteiger charge is 2.35. The van der Waals surface area contributed by atoms with Gasteiger partial charge in [0.25, 0.3) is 0 Å². The largest absolute Gasteiger partial charge is 0.490 e. The molecule has 0 saturated heterocycles. The first-order valence-corrected chi connectivity index (χ1v) is 18.3. The van der Waals surface area contributed by atoms with Crippen LogP contribution in [0.25, 0.3) is 5.57 Å². The van der Waals surface area contributed by atoms with Crippen molar-refractivity contribution in [2.75, 3.05) is 13.2 Å². The quantitative estimate of drug-likeness (QED) is 0.0685. The van der Waals surface area contributed by atoms with Gasteiger partial charge in [-0.3, -0.25) is 0 Å². The van der Waals surface area contributed by atoms with E-state index in [9.17, 15) is 0 Å². The van der Waals surface area contributed by atoms with Crippen molar-refractivity contribution in [2.24, 2.45) is 11.3 Å². The topological polar surface area (TPSA) is 27.7 Å². The molecule has 0 saturated carbocycles. The average molecular weight is 669 g/mol. The molecule has 0 aliphatic rings. The number of aryl methyl sites for hydroxylation is 1. The summed E-state index contributed by atoms with van der Waals surface area (Å²) >= 11 is 0. The molecule has 0 aromatic heterocycles. The Balaban J connectivity index is 0.00000554. The van der Waals surface area contributed by atoms with Gasteiger partial charge in [0.15, 0.2) is 0 Å². The normalized spacial score (nSPS) is 13.7. The van der Waals surface area contributed by atoms with Gasteiger partial charge in [-0.05, 0) is 107 Å². The SMILES string of the molecule is C=C/C=C(\C=C/C)C(C)(C)C(OCCOC(/C(=C\C)c1ccccc1)=C(C)\C(C)=C\C=C/C)Oc1ccc(CCC(C)C)cc1.CC.CC. The number of rotatable bonds is 18. The summed E-state index contributed by atoms with van der Waals surface area (Å²) in [4.78, 5) is 0. The van der Waals surface area contributed by atoms with E-state index in [1.54, 1.807) is 0 Å². The highest BCUT2D eigenvalue weighted by Crippen LogP contribution is 2.36. The predicted octanol–water partition coefficient (Wildman–Crippen LogP) is 13.7. The summed E-state index contributed by atoms with van der Waals surface area (Å²) < 4.78 is 19.7. The maximum absolute atomic E-state index is 6.58. The van der Waals surface area contributed by atoms with E-state index >= 15 is 0 Å². The molecule has 0 amide bonds. The number of hydrogen-bond acceptors (Lipinski definition) is 3. The Morgan fingerprint density at radius 1 is 0.837 bits per heavy atom. The zero-order valence-electron chi connectivity index (χ0n) is 33.2. The van der Waals surface area contributed by atoms with Crippen molar-refractivity contribution in [1.29, 1.82) is 0 Å². The van der Waals surface area contributed by atoms with Crippen LogP contribution < -0.4 is 4.74 Å². The molecule has 0 radical (unpaired) electrons. The van der Waals surface area contributed by atoms with E-state index in [2.05, 4.69) is 116 Å². The second-order valence-electron chi connectivity index (χ2n) is 12.2. The van der Waals surface area contributed by atoms with E-state index in [1.165, 1.54) is 5.56 Å². The Labute approximate surface area is 301 Å². The van der Waals surface area contributed by atoms with E-state index in [-0.39, 0.29) is 0 Å². The van der Waals surface area contributed by atoms with Gasteiger partial charge in [0.05, 0.1) is 12.0 Å². The van der Waals surface area contributed by atoms with Crippen molar-refractivity contribution in [3.05, 3.63) is 143 Å². The molecule has 0 aliphatic heterocycles. The Bertz CT molecular complexity index is 1360. The van der Waals surface area contributed by atoms with Gasteiger partial charge < -0.3 is 14.2 Å². The Morgan fingerprint density at radius 3 is 2.00 bits per heavy atom. The van der Waals surface area contributed by atoms with Crippen molar-refractivity contribution in [3.8, 4) is 5.75 Å². The van der Waals surface area contributed by atoms with Gasteiger partial charge in [-0.15, -0.1) is 0 Å². The van der Waals surface area contributed by atoms with Crippen LogP contribution in [-0.4, -0.2) is 19.5 Å². The fourth-order valence-corrected chi connectivity index (χ4v) is 4.91. The third kappa shape index (κ3) is 16.0. The van der Waals surface area contributed by atoms with Crippen LogP contribution in [-0.2, 0) is 15.9 Å². The first-order valence-electron chi connectivity index (χ1n) is 18.3. The molecule has 3 heteroatoms. The first kappa shape index (κ1) is 45.2. The van der Waals surface area contributed by atoms with Crippen molar-refractivity contribution in [3.63, 3.8) is 0 Å². The van der Waals surface area contributed by atoms with Crippen LogP contribution in [0.15, 0.2) is 132 Å². The minimum absolute atomic E-state index is 0.345. The molecule has 49 heavy (non-hydrogen) atoms. The maximum atomic E-state index is 6.58. The molecule has 0 bridgehead atoms. The van der Waals surface area contributed by atoms with Crippen molar-refractivity contribution < 1.29 is 14.2 Å². The standard InChI is InChI=1S/C42H56O3.2C2H6/c1-11-15-21-33(7)34(8)40(39(14-4)36-22-17-16-18-23-36)43-30-31-44-41(42(9,10)37(19-12-2)20-13-3)45-38-28-26-35(27-29-38)25-24-32(5)6;2*1-2/h11-23,26-29,32,41H,2,24-25,30-31H2,1,3-10H3;2*1-2H3/b15-11-,20-13-,33-21+,37-19+,39-14-,40-34-;;. The summed E-state index contributed by atoms with van der Waals surface area (Å²) in [5.41, 5.74) is 6.30. The molecular formula is C46H68O3. The van der Waals surface area contributed by atoms with E-state index in [0.717, 1.165) is 52.2 Å². The zero-order chi connectivity index (χ0) is 37.2. The second kappa shape index (κ2) is 26.1. The van der Waals surface area contributed by atoms with Crippen molar-refractivity contribution >= 4 is 5.57 Å². The summed E-state index contributed by atoms with van der Waals surface area (Å²) in [5.74, 6) is 2.30. The van der Waals surface area contributed by atoms with Gasteiger partial charge in [0.2, 0.25) is 6.29 Å². The molecule has 0 heterocycles. The third-order valence-electron chi connectivity index (χ3n) is 7.84. The van der Waals surface area contributed by atoms with Crippen LogP contribution in [0.1, 0.15) is 108 Å². The van der Waals surface area contributed by atoms with Crippen molar-refractivity contribution in [1.82, 2.24) is 0 Å². The summed E-state index contributed by atoms with van der Waals surface area (Å²) in [7, 11) is 0. The first-order chi connectivity index (χ1) is 23.6. The van der Waals surface area contributed by atoms with Gasteiger partial charge >= 0.3 is 0 Å². The molecule has 2 rings (SSSR count). The molecule has 270 valence electrons. The lowest BCUT2D eigenvalue weighted by atomic mass is 9.82. The van der Waals surface area contributed by atoms with Gasteiger partial charge in [-0.25, -0.2) is 0 Å². The Hall–Kier alpha value is -3.82. The van der Waals surface area contributed by atoms with E-state index in [1.807, 2.05) is 84.0 Å². The van der Waals surface area contributed by atoms with Crippen LogP contribution in [0.4, 0.5) is 0 Å². The summed E-state index contributed by atoms with van der Waals surface area (Å²) in [6.07, 6.45) is 17.9. The van der Waals surface area contributed by atoms with Gasteiger partial charge in [-0.2, -0.15) is 0 Å². The van der Waals surface area contributed by atoms with Crippen LogP contribution >= 0.6 is 0 Å². The van der Waals surface area contributed by atoms with E-state index in [0.29, 0.717) is 19.1 Å². The third-order valence-corrected chi connectivity index (χ3v) is 7.84. The molecule has 0 spiro atoms. The smallest absolute Gasteiger partial charge is 0.209 e. The average Bonchev–Trinajstić information content (AvgIpc) is 3.12. The lowest BCUT2D eigenvalue weighted by molar-refractivity contribution is -0.140. The minimum Gasteiger partial charge on any atom is -0.490 e. The number of benzene rings is 2. The van der Waals surface area contributed by atoms with Crippen LogP contribution in [0.5, 0.6) is 5.75 Å². The molecule has 0 fully saturated rings. The predicted molar refractivity (Wildman–Crippen MR) is 217 cm³/mol. The van der Waals surface area contributed by atoms with Gasteiger partial charge in [0, 0.05) is 5.57 Å². The van der Waals surface area contributed by atoms with Crippen molar-refractivity contribution in [2.45, 2.75) is 109 Å². The number of ether oxygens (including phenoxy) is 3. The molecular weight excluding hydrogens is 601 g/mol. The molecule has 2 aromatic rings. The molecule has 2 aromatic carbocycles. The second-order valence-corrected chi connectivity index (χ2v) is 12.2. The monoisotopic (exact) mass is 669 g/mol. The van der Waals surface area contributed by atoms with E-state index < -0.39 is 11.7 Å².